The number of allylic oxidation sites excluding steroid dienone is 1. The summed E-state index contributed by atoms with van der Waals surface area (Å²) in [6.07, 6.45) is 16.1. The van der Waals surface area contributed by atoms with E-state index in [0.717, 1.165) is 5.92 Å². The van der Waals surface area contributed by atoms with Gasteiger partial charge >= 0.3 is 0 Å². The first-order chi connectivity index (χ1) is 8.45. The fraction of sp³-hybridized carbons (Fsp3) is 0.412. The van der Waals surface area contributed by atoms with E-state index in [9.17, 15) is 0 Å². The molecule has 1 aromatic rings. The molecule has 2 aliphatic rings. The highest BCUT2D eigenvalue weighted by Gasteiger charge is 2.25. The molecule has 0 spiro atoms. The molecule has 0 bridgehead atoms. The van der Waals surface area contributed by atoms with Gasteiger partial charge in [-0.15, -0.1) is 0 Å². The van der Waals surface area contributed by atoms with E-state index in [4.69, 9.17) is 0 Å². The Kier molecular flexibility index (Phi) is 3.31. The number of hydrogen-bond donors (Lipinski definition) is 0. The van der Waals surface area contributed by atoms with Gasteiger partial charge in [0.15, 0.2) is 0 Å². The summed E-state index contributed by atoms with van der Waals surface area (Å²) < 4.78 is 0. The van der Waals surface area contributed by atoms with Crippen molar-refractivity contribution in [2.24, 2.45) is 5.92 Å². The monoisotopic (exact) mass is 224 g/mol. The van der Waals surface area contributed by atoms with Crippen LogP contribution in [0, 0.1) is 18.8 Å². The van der Waals surface area contributed by atoms with Gasteiger partial charge in [-0.25, -0.2) is 0 Å². The molecule has 1 saturated carbocycles. The zero-order valence-corrected chi connectivity index (χ0v) is 10.3. The lowest BCUT2D eigenvalue weighted by molar-refractivity contribution is 0.391. The molecule has 0 nitrogen and oxygen atoms in total. The largest absolute Gasteiger partial charge is 0.0761 e. The maximum Gasteiger partial charge on any atom is 0.00555 e. The third-order valence-electron chi connectivity index (χ3n) is 4.16. The van der Waals surface area contributed by atoms with Crippen molar-refractivity contribution in [3.63, 3.8) is 0 Å². The Bertz CT molecular complexity index is 394. The van der Waals surface area contributed by atoms with Crippen molar-refractivity contribution in [1.82, 2.24) is 0 Å². The first kappa shape index (κ1) is 11.1. The number of hydrogen-bond acceptors (Lipinski definition) is 0. The van der Waals surface area contributed by atoms with Gasteiger partial charge in [0.05, 0.1) is 0 Å². The second kappa shape index (κ2) is 5.08. The Hall–Kier alpha value is -1.04. The van der Waals surface area contributed by atoms with Gasteiger partial charge in [0.1, 0.15) is 0 Å². The first-order valence-corrected chi connectivity index (χ1v) is 6.87. The van der Waals surface area contributed by atoms with Crippen molar-refractivity contribution in [3.8, 4) is 0 Å². The normalized spacial score (nSPS) is 25.3. The summed E-state index contributed by atoms with van der Waals surface area (Å²) in [6.45, 7) is 0. The lowest BCUT2D eigenvalue weighted by atomic mass is 9.79. The summed E-state index contributed by atoms with van der Waals surface area (Å²) in [5.41, 5.74) is 3.00. The molecular formula is C17H20. The summed E-state index contributed by atoms with van der Waals surface area (Å²) in [4.78, 5) is 0. The van der Waals surface area contributed by atoms with Gasteiger partial charge in [-0.1, -0.05) is 42.8 Å². The lowest BCUT2D eigenvalue weighted by Gasteiger charge is -2.25. The van der Waals surface area contributed by atoms with Crippen molar-refractivity contribution in [2.45, 2.75) is 38.0 Å². The minimum atomic E-state index is 0.678. The second-order valence-corrected chi connectivity index (χ2v) is 5.25. The summed E-state index contributed by atoms with van der Waals surface area (Å²) in [7, 11) is 0. The van der Waals surface area contributed by atoms with Gasteiger partial charge < -0.3 is 0 Å². The third kappa shape index (κ3) is 2.31. The molecule has 2 aliphatic carbocycles. The smallest absolute Gasteiger partial charge is 0.00555 e. The lowest BCUT2D eigenvalue weighted by Crippen LogP contribution is -2.12. The maximum atomic E-state index is 2.43. The zero-order chi connectivity index (χ0) is 11.5. The van der Waals surface area contributed by atoms with Crippen LogP contribution in [0.1, 0.15) is 49.1 Å². The van der Waals surface area contributed by atoms with Crippen LogP contribution >= 0.6 is 0 Å². The van der Waals surface area contributed by atoms with Crippen molar-refractivity contribution < 1.29 is 0 Å². The van der Waals surface area contributed by atoms with Crippen molar-refractivity contribution in [3.05, 3.63) is 54.3 Å². The molecule has 2 radical (unpaired) electrons. The van der Waals surface area contributed by atoms with Gasteiger partial charge in [-0.3, -0.25) is 0 Å². The minimum Gasteiger partial charge on any atom is -0.0761 e. The van der Waals surface area contributed by atoms with Crippen LogP contribution in [0.25, 0.3) is 6.08 Å². The molecule has 2 atom stereocenters. The topological polar surface area (TPSA) is 0 Å². The van der Waals surface area contributed by atoms with E-state index in [-0.39, 0.29) is 0 Å². The Morgan fingerprint density at radius 2 is 1.82 bits per heavy atom. The van der Waals surface area contributed by atoms with Gasteiger partial charge in [0.2, 0.25) is 0 Å². The summed E-state index contributed by atoms with van der Waals surface area (Å²) >= 11 is 0. The van der Waals surface area contributed by atoms with Crippen molar-refractivity contribution >= 4 is 6.08 Å². The molecule has 0 saturated heterocycles. The van der Waals surface area contributed by atoms with E-state index in [1.165, 1.54) is 37.7 Å². The van der Waals surface area contributed by atoms with Crippen LogP contribution in [0.15, 0.2) is 30.3 Å². The molecule has 0 N–H and O–H groups in total. The van der Waals surface area contributed by atoms with Crippen molar-refractivity contribution in [2.75, 3.05) is 0 Å². The maximum absolute atomic E-state index is 2.43. The van der Waals surface area contributed by atoms with Crippen LogP contribution in [-0.2, 0) is 0 Å². The highest BCUT2D eigenvalue weighted by atomic mass is 14.3. The molecule has 0 heterocycles. The van der Waals surface area contributed by atoms with E-state index >= 15 is 0 Å². The molecule has 3 rings (SSSR count). The average molecular weight is 224 g/mol. The number of rotatable bonds is 1. The zero-order valence-electron chi connectivity index (χ0n) is 10.3. The highest BCUT2D eigenvalue weighted by Crippen LogP contribution is 2.40. The molecular weight excluding hydrogens is 204 g/mol. The molecule has 0 amide bonds. The first-order valence-electron chi connectivity index (χ1n) is 6.87. The Morgan fingerprint density at radius 1 is 0.941 bits per heavy atom. The number of fused-ring (bicyclic) bond motifs is 1. The minimum absolute atomic E-state index is 0.678. The molecule has 88 valence electrons. The molecule has 17 heavy (non-hydrogen) atoms. The Morgan fingerprint density at radius 3 is 2.82 bits per heavy atom. The van der Waals surface area contributed by atoms with E-state index in [1.807, 2.05) is 0 Å². The van der Waals surface area contributed by atoms with Gasteiger partial charge in [0.25, 0.3) is 0 Å². The quantitative estimate of drug-likeness (QED) is 0.643. The Labute approximate surface area is 105 Å². The summed E-state index contributed by atoms with van der Waals surface area (Å²) in [5, 5.41) is 0. The van der Waals surface area contributed by atoms with Crippen LogP contribution in [0.2, 0.25) is 0 Å². The molecule has 0 heteroatoms. The van der Waals surface area contributed by atoms with Gasteiger partial charge in [0, 0.05) is 5.92 Å². The molecule has 2 unspecified atom stereocenters. The predicted molar refractivity (Wildman–Crippen MR) is 73.4 cm³/mol. The third-order valence-corrected chi connectivity index (χ3v) is 4.16. The fourth-order valence-electron chi connectivity index (χ4n) is 3.24. The van der Waals surface area contributed by atoms with E-state index in [0.29, 0.717) is 5.92 Å². The van der Waals surface area contributed by atoms with Gasteiger partial charge in [-0.2, -0.15) is 0 Å². The average Bonchev–Trinajstić information content (AvgIpc) is 2.73. The fourth-order valence-corrected chi connectivity index (χ4v) is 3.24. The van der Waals surface area contributed by atoms with Gasteiger partial charge in [-0.05, 0) is 55.6 Å². The molecule has 0 aliphatic heterocycles. The number of benzene rings is 1. The van der Waals surface area contributed by atoms with E-state index < -0.39 is 0 Å². The summed E-state index contributed by atoms with van der Waals surface area (Å²) in [5.74, 6) is 1.53. The molecule has 1 aromatic carbocycles. The van der Waals surface area contributed by atoms with Crippen LogP contribution in [-0.4, -0.2) is 0 Å². The van der Waals surface area contributed by atoms with E-state index in [1.54, 1.807) is 5.56 Å². The molecule has 0 aromatic heterocycles. The van der Waals surface area contributed by atoms with E-state index in [2.05, 4.69) is 49.3 Å². The van der Waals surface area contributed by atoms with Crippen LogP contribution < -0.4 is 0 Å². The standard InChI is InChI=1S/C17H20/c1-2-4-8-14(9-5-3-1)17-13-12-15-10-6-7-11-16(15)17/h1-2,6-7,10-14,17H,3-5,8-9H2. The second-order valence-electron chi connectivity index (χ2n) is 5.25. The summed E-state index contributed by atoms with van der Waals surface area (Å²) in [6, 6.07) is 8.89. The SMILES string of the molecule is [CH]1[CH]CCC(C2C=Cc3ccccc32)CCC1. The Balaban J connectivity index is 1.78. The highest BCUT2D eigenvalue weighted by molar-refractivity contribution is 5.62. The van der Waals surface area contributed by atoms with Crippen molar-refractivity contribution in [1.29, 1.82) is 0 Å². The van der Waals surface area contributed by atoms with Crippen LogP contribution in [0.3, 0.4) is 0 Å². The van der Waals surface area contributed by atoms with Crippen LogP contribution in [0.5, 0.6) is 0 Å². The predicted octanol–water partition coefficient (Wildman–Crippen LogP) is 4.79. The van der Waals surface area contributed by atoms with Crippen LogP contribution in [0.4, 0.5) is 0 Å². The molecule has 1 fully saturated rings.